The first kappa shape index (κ1) is 14.8. The number of sulfonamides is 1. The van der Waals surface area contributed by atoms with Crippen molar-refractivity contribution in [2.24, 2.45) is 11.8 Å². The third-order valence-electron chi connectivity index (χ3n) is 3.78. The molecular formula is C13H18ClNO3S. The first-order valence-electron chi connectivity index (χ1n) is 6.25. The standard InChI is InChI=1S/C13H18ClNO3S/c1-9-6-15(7-10(9)2)19(17,18)12-3-4-13(14)11(5-12)8-16/h3-5,9-10,16H,6-8H2,1-2H3. The number of benzene rings is 1. The smallest absolute Gasteiger partial charge is 0.243 e. The normalized spacial score (nSPS) is 24.8. The fourth-order valence-corrected chi connectivity index (χ4v) is 4.12. The Morgan fingerprint density at radius 2 is 1.89 bits per heavy atom. The van der Waals surface area contributed by atoms with E-state index >= 15 is 0 Å². The zero-order valence-electron chi connectivity index (χ0n) is 11.0. The number of hydrogen-bond donors (Lipinski definition) is 1. The minimum atomic E-state index is -3.49. The van der Waals surface area contributed by atoms with Gasteiger partial charge in [0.2, 0.25) is 10.0 Å². The Hall–Kier alpha value is -0.620. The molecule has 4 nitrogen and oxygen atoms in total. The molecule has 0 spiro atoms. The highest BCUT2D eigenvalue weighted by atomic mass is 35.5. The van der Waals surface area contributed by atoms with Gasteiger partial charge in [-0.2, -0.15) is 4.31 Å². The van der Waals surface area contributed by atoms with E-state index in [0.717, 1.165) is 0 Å². The largest absolute Gasteiger partial charge is 0.392 e. The van der Waals surface area contributed by atoms with Crippen molar-refractivity contribution in [3.8, 4) is 0 Å². The Labute approximate surface area is 119 Å². The van der Waals surface area contributed by atoms with Crippen molar-refractivity contribution in [1.82, 2.24) is 4.31 Å². The van der Waals surface area contributed by atoms with Gasteiger partial charge < -0.3 is 5.11 Å². The second-order valence-electron chi connectivity index (χ2n) is 5.19. The summed E-state index contributed by atoms with van der Waals surface area (Å²) in [5, 5.41) is 9.54. The minimum Gasteiger partial charge on any atom is -0.392 e. The van der Waals surface area contributed by atoms with Crippen molar-refractivity contribution in [3.63, 3.8) is 0 Å². The lowest BCUT2D eigenvalue weighted by atomic mass is 10.0. The predicted octanol–water partition coefficient (Wildman–Crippen LogP) is 2.11. The van der Waals surface area contributed by atoms with Gasteiger partial charge in [-0.3, -0.25) is 0 Å². The monoisotopic (exact) mass is 303 g/mol. The highest BCUT2D eigenvalue weighted by molar-refractivity contribution is 7.89. The number of nitrogens with zero attached hydrogens (tertiary/aromatic N) is 1. The molecule has 0 saturated carbocycles. The summed E-state index contributed by atoms with van der Waals surface area (Å²) in [4.78, 5) is 0.197. The lowest BCUT2D eigenvalue weighted by molar-refractivity contribution is 0.281. The van der Waals surface area contributed by atoms with E-state index in [1.54, 1.807) is 0 Å². The van der Waals surface area contributed by atoms with E-state index in [2.05, 4.69) is 13.8 Å². The molecule has 0 aromatic heterocycles. The second-order valence-corrected chi connectivity index (χ2v) is 7.53. The average Bonchev–Trinajstić information content (AvgIpc) is 2.70. The van der Waals surface area contributed by atoms with E-state index in [1.807, 2.05) is 0 Å². The summed E-state index contributed by atoms with van der Waals surface area (Å²) in [6.45, 7) is 4.93. The number of aliphatic hydroxyl groups is 1. The summed E-state index contributed by atoms with van der Waals surface area (Å²) >= 11 is 5.88. The van der Waals surface area contributed by atoms with Crippen LogP contribution in [0.15, 0.2) is 23.1 Å². The molecule has 0 amide bonds. The van der Waals surface area contributed by atoms with Crippen LogP contribution in [0.2, 0.25) is 5.02 Å². The van der Waals surface area contributed by atoms with Crippen LogP contribution in [-0.2, 0) is 16.6 Å². The molecule has 1 aliphatic rings. The molecule has 1 heterocycles. The predicted molar refractivity (Wildman–Crippen MR) is 74.5 cm³/mol. The third-order valence-corrected chi connectivity index (χ3v) is 5.98. The van der Waals surface area contributed by atoms with Gasteiger partial charge in [0.25, 0.3) is 0 Å². The van der Waals surface area contributed by atoms with Gasteiger partial charge in [-0.25, -0.2) is 8.42 Å². The van der Waals surface area contributed by atoms with Crippen molar-refractivity contribution < 1.29 is 13.5 Å². The molecule has 2 rings (SSSR count). The first-order chi connectivity index (χ1) is 8.86. The molecule has 106 valence electrons. The Bertz CT molecular complexity index is 563. The van der Waals surface area contributed by atoms with E-state index < -0.39 is 10.0 Å². The van der Waals surface area contributed by atoms with Gasteiger partial charge in [0, 0.05) is 18.1 Å². The highest BCUT2D eigenvalue weighted by Gasteiger charge is 2.35. The lowest BCUT2D eigenvalue weighted by Gasteiger charge is -2.17. The van der Waals surface area contributed by atoms with Crippen LogP contribution in [0.1, 0.15) is 19.4 Å². The summed E-state index contributed by atoms with van der Waals surface area (Å²) < 4.78 is 26.5. The Morgan fingerprint density at radius 3 is 2.42 bits per heavy atom. The van der Waals surface area contributed by atoms with Gasteiger partial charge in [0.15, 0.2) is 0 Å². The quantitative estimate of drug-likeness (QED) is 0.930. The van der Waals surface area contributed by atoms with E-state index in [0.29, 0.717) is 35.5 Å². The van der Waals surface area contributed by atoms with Crippen LogP contribution in [0.5, 0.6) is 0 Å². The van der Waals surface area contributed by atoms with Crippen LogP contribution in [-0.4, -0.2) is 30.9 Å². The van der Waals surface area contributed by atoms with Crippen LogP contribution >= 0.6 is 11.6 Å². The maximum Gasteiger partial charge on any atom is 0.243 e. The molecule has 0 bridgehead atoms. The lowest BCUT2D eigenvalue weighted by Crippen LogP contribution is -2.29. The molecular weight excluding hydrogens is 286 g/mol. The molecule has 6 heteroatoms. The second kappa shape index (κ2) is 5.40. The van der Waals surface area contributed by atoms with Crippen LogP contribution in [0.4, 0.5) is 0 Å². The van der Waals surface area contributed by atoms with Gasteiger partial charge in [-0.05, 0) is 35.6 Å². The summed E-state index contributed by atoms with van der Waals surface area (Å²) in [5.74, 6) is 0.721. The molecule has 1 fully saturated rings. The molecule has 1 saturated heterocycles. The van der Waals surface area contributed by atoms with Crippen LogP contribution in [0, 0.1) is 11.8 Å². The van der Waals surface area contributed by atoms with Gasteiger partial charge in [-0.15, -0.1) is 0 Å². The zero-order valence-corrected chi connectivity index (χ0v) is 12.6. The maximum atomic E-state index is 12.5. The van der Waals surface area contributed by atoms with Crippen molar-refractivity contribution in [3.05, 3.63) is 28.8 Å². The fraction of sp³-hybridized carbons (Fsp3) is 0.538. The molecule has 0 radical (unpaired) electrons. The van der Waals surface area contributed by atoms with Gasteiger partial charge >= 0.3 is 0 Å². The number of aliphatic hydroxyl groups excluding tert-OH is 1. The van der Waals surface area contributed by atoms with Crippen LogP contribution in [0.3, 0.4) is 0 Å². The van der Waals surface area contributed by atoms with Crippen LogP contribution in [0.25, 0.3) is 0 Å². The minimum absolute atomic E-state index is 0.197. The van der Waals surface area contributed by atoms with Crippen molar-refractivity contribution >= 4 is 21.6 Å². The van der Waals surface area contributed by atoms with E-state index in [9.17, 15) is 8.42 Å². The van der Waals surface area contributed by atoms with Gasteiger partial charge in [-0.1, -0.05) is 25.4 Å². The van der Waals surface area contributed by atoms with E-state index in [4.69, 9.17) is 16.7 Å². The Kier molecular flexibility index (Phi) is 4.20. The summed E-state index contributed by atoms with van der Waals surface area (Å²) in [6.07, 6.45) is 0. The van der Waals surface area contributed by atoms with Gasteiger partial charge in [0.05, 0.1) is 11.5 Å². The fourth-order valence-electron chi connectivity index (χ4n) is 2.25. The maximum absolute atomic E-state index is 12.5. The summed E-state index contributed by atoms with van der Waals surface area (Å²) in [5.41, 5.74) is 0.433. The number of halogens is 1. The van der Waals surface area contributed by atoms with Crippen molar-refractivity contribution in [1.29, 1.82) is 0 Å². The van der Waals surface area contributed by atoms with Crippen LogP contribution < -0.4 is 0 Å². The molecule has 1 aromatic carbocycles. The Morgan fingerprint density at radius 1 is 1.32 bits per heavy atom. The SMILES string of the molecule is CC1CN(S(=O)(=O)c2ccc(Cl)c(CO)c2)CC1C. The van der Waals surface area contributed by atoms with Crippen molar-refractivity contribution in [2.75, 3.05) is 13.1 Å². The van der Waals surface area contributed by atoms with Gasteiger partial charge in [0.1, 0.15) is 0 Å². The first-order valence-corrected chi connectivity index (χ1v) is 8.07. The third kappa shape index (κ3) is 2.79. The highest BCUT2D eigenvalue weighted by Crippen LogP contribution is 2.29. The molecule has 1 aromatic rings. The van der Waals surface area contributed by atoms with E-state index in [-0.39, 0.29) is 11.5 Å². The Balaban J connectivity index is 2.35. The molecule has 19 heavy (non-hydrogen) atoms. The van der Waals surface area contributed by atoms with E-state index in [1.165, 1.54) is 22.5 Å². The summed E-state index contributed by atoms with van der Waals surface area (Å²) in [7, 11) is -3.49. The molecule has 1 N–H and O–H groups in total. The molecule has 0 aliphatic carbocycles. The van der Waals surface area contributed by atoms with Crippen molar-refractivity contribution in [2.45, 2.75) is 25.3 Å². The molecule has 1 aliphatic heterocycles. The summed E-state index contributed by atoms with van der Waals surface area (Å²) in [6, 6.07) is 4.46. The topological polar surface area (TPSA) is 57.6 Å². The average molecular weight is 304 g/mol. The number of rotatable bonds is 3. The molecule has 2 unspecified atom stereocenters. The zero-order chi connectivity index (χ0) is 14.2. The molecule has 2 atom stereocenters. The number of hydrogen-bond acceptors (Lipinski definition) is 3.